The van der Waals surface area contributed by atoms with Crippen molar-refractivity contribution < 1.29 is 4.79 Å². The van der Waals surface area contributed by atoms with Crippen molar-refractivity contribution in [1.82, 2.24) is 15.5 Å². The summed E-state index contributed by atoms with van der Waals surface area (Å²) in [6, 6.07) is 7.62. The lowest BCUT2D eigenvalue weighted by Gasteiger charge is -2.08. The van der Waals surface area contributed by atoms with E-state index in [2.05, 4.69) is 20.8 Å². The van der Waals surface area contributed by atoms with Crippen molar-refractivity contribution >= 4 is 46.4 Å². The lowest BCUT2D eigenvalue weighted by Crippen LogP contribution is -2.28. The van der Waals surface area contributed by atoms with Gasteiger partial charge in [0.2, 0.25) is 11.0 Å². The molecule has 0 aliphatic heterocycles. The standard InChI is InChI=1S/C14H17ClN4OS.ClH/c1-9(8-16-2)13(20)17-14-19-18-12(21-14)7-10-4-3-5-11(15)6-10;/h3-6,9,16H,7-8H2,1-2H3,(H,17,19,20);1H. The smallest absolute Gasteiger partial charge is 0.230 e. The molecular formula is C14H18Cl2N4OS. The first-order chi connectivity index (χ1) is 10.1. The van der Waals surface area contributed by atoms with E-state index < -0.39 is 0 Å². The molecule has 1 unspecified atom stereocenters. The summed E-state index contributed by atoms with van der Waals surface area (Å²) in [6.45, 7) is 2.49. The molecule has 8 heteroatoms. The molecule has 0 fully saturated rings. The molecule has 0 saturated carbocycles. The molecule has 0 bridgehead atoms. The zero-order valence-corrected chi connectivity index (χ0v) is 14.7. The van der Waals surface area contributed by atoms with Crippen LogP contribution in [-0.2, 0) is 11.2 Å². The molecule has 0 spiro atoms. The fraction of sp³-hybridized carbons (Fsp3) is 0.357. The van der Waals surface area contributed by atoms with E-state index in [4.69, 9.17) is 11.6 Å². The van der Waals surface area contributed by atoms with Crippen molar-refractivity contribution in [1.29, 1.82) is 0 Å². The molecule has 1 amide bonds. The SMILES string of the molecule is CNCC(C)C(=O)Nc1nnc(Cc2cccc(Cl)c2)s1.Cl. The van der Waals surface area contributed by atoms with Gasteiger partial charge in [-0.2, -0.15) is 0 Å². The number of nitrogens with zero attached hydrogens (tertiary/aromatic N) is 2. The Morgan fingerprint density at radius 3 is 2.86 bits per heavy atom. The number of benzene rings is 1. The van der Waals surface area contributed by atoms with Crippen LogP contribution in [0.4, 0.5) is 5.13 Å². The first-order valence-corrected chi connectivity index (χ1v) is 7.80. The number of aromatic nitrogens is 2. The van der Waals surface area contributed by atoms with Gasteiger partial charge in [0.1, 0.15) is 5.01 Å². The highest BCUT2D eigenvalue weighted by molar-refractivity contribution is 7.15. The summed E-state index contributed by atoms with van der Waals surface area (Å²) >= 11 is 7.33. The third kappa shape index (κ3) is 5.53. The van der Waals surface area contributed by atoms with E-state index >= 15 is 0 Å². The van der Waals surface area contributed by atoms with E-state index in [-0.39, 0.29) is 24.2 Å². The van der Waals surface area contributed by atoms with Crippen LogP contribution in [0, 0.1) is 5.92 Å². The number of carbonyl (C=O) groups is 1. The second-order valence-electron chi connectivity index (χ2n) is 4.76. The topological polar surface area (TPSA) is 66.9 Å². The van der Waals surface area contributed by atoms with Gasteiger partial charge in [-0.25, -0.2) is 0 Å². The third-order valence-electron chi connectivity index (χ3n) is 2.90. The monoisotopic (exact) mass is 360 g/mol. The number of amides is 1. The molecule has 2 N–H and O–H groups in total. The minimum absolute atomic E-state index is 0. The minimum atomic E-state index is -0.115. The molecule has 22 heavy (non-hydrogen) atoms. The number of anilines is 1. The van der Waals surface area contributed by atoms with Crippen LogP contribution < -0.4 is 10.6 Å². The summed E-state index contributed by atoms with van der Waals surface area (Å²) in [6.07, 6.45) is 0.653. The number of rotatable bonds is 6. The summed E-state index contributed by atoms with van der Waals surface area (Å²) in [5.74, 6) is -0.176. The largest absolute Gasteiger partial charge is 0.319 e. The zero-order valence-electron chi connectivity index (χ0n) is 12.3. The van der Waals surface area contributed by atoms with Crippen molar-refractivity contribution in [3.8, 4) is 0 Å². The van der Waals surface area contributed by atoms with Gasteiger partial charge in [0.05, 0.1) is 0 Å². The summed E-state index contributed by atoms with van der Waals surface area (Å²) in [7, 11) is 1.82. The Bertz CT molecular complexity index is 620. The lowest BCUT2D eigenvalue weighted by atomic mass is 10.2. The second-order valence-corrected chi connectivity index (χ2v) is 6.25. The van der Waals surface area contributed by atoms with Crippen molar-refractivity contribution in [2.75, 3.05) is 18.9 Å². The molecule has 1 heterocycles. The number of hydrogen-bond acceptors (Lipinski definition) is 5. The van der Waals surface area contributed by atoms with E-state index in [0.717, 1.165) is 10.6 Å². The van der Waals surface area contributed by atoms with Crippen molar-refractivity contribution in [3.63, 3.8) is 0 Å². The maximum atomic E-state index is 11.9. The van der Waals surface area contributed by atoms with Crippen LogP contribution >= 0.6 is 35.3 Å². The quantitative estimate of drug-likeness (QED) is 0.830. The molecule has 2 aromatic rings. The number of carbonyl (C=O) groups excluding carboxylic acids is 1. The van der Waals surface area contributed by atoms with E-state index in [1.807, 2.05) is 38.2 Å². The highest BCUT2D eigenvalue weighted by Gasteiger charge is 2.14. The number of nitrogens with one attached hydrogen (secondary N) is 2. The van der Waals surface area contributed by atoms with Gasteiger partial charge in [-0.3, -0.25) is 4.79 Å². The van der Waals surface area contributed by atoms with Crippen LogP contribution in [0.1, 0.15) is 17.5 Å². The van der Waals surface area contributed by atoms with E-state index in [9.17, 15) is 4.79 Å². The van der Waals surface area contributed by atoms with Gasteiger partial charge in [0, 0.05) is 23.9 Å². The van der Waals surface area contributed by atoms with Crippen LogP contribution in [0.3, 0.4) is 0 Å². The summed E-state index contributed by atoms with van der Waals surface area (Å²) in [4.78, 5) is 11.9. The lowest BCUT2D eigenvalue weighted by molar-refractivity contribution is -0.119. The molecule has 5 nitrogen and oxygen atoms in total. The van der Waals surface area contributed by atoms with Crippen molar-refractivity contribution in [2.45, 2.75) is 13.3 Å². The molecule has 120 valence electrons. The Morgan fingerprint density at radius 2 is 2.18 bits per heavy atom. The van der Waals surface area contributed by atoms with Crippen LogP contribution in [0.15, 0.2) is 24.3 Å². The third-order valence-corrected chi connectivity index (χ3v) is 3.97. The minimum Gasteiger partial charge on any atom is -0.319 e. The zero-order chi connectivity index (χ0) is 15.2. The van der Waals surface area contributed by atoms with Crippen LogP contribution in [0.25, 0.3) is 0 Å². The van der Waals surface area contributed by atoms with Gasteiger partial charge in [-0.05, 0) is 24.7 Å². The highest BCUT2D eigenvalue weighted by Crippen LogP contribution is 2.20. The molecule has 0 radical (unpaired) electrons. The van der Waals surface area contributed by atoms with E-state index in [1.54, 1.807) is 0 Å². The molecule has 1 aromatic heterocycles. The molecule has 0 aliphatic carbocycles. The highest BCUT2D eigenvalue weighted by atomic mass is 35.5. The average Bonchev–Trinajstić information content (AvgIpc) is 2.86. The maximum Gasteiger partial charge on any atom is 0.230 e. The summed E-state index contributed by atoms with van der Waals surface area (Å²) < 4.78 is 0. The van der Waals surface area contributed by atoms with Crippen molar-refractivity contribution in [3.05, 3.63) is 39.9 Å². The fourth-order valence-electron chi connectivity index (χ4n) is 1.82. The van der Waals surface area contributed by atoms with Gasteiger partial charge in [0.25, 0.3) is 0 Å². The second kappa shape index (κ2) is 9.05. The molecule has 1 aromatic carbocycles. The Morgan fingerprint density at radius 1 is 1.41 bits per heavy atom. The predicted molar refractivity (Wildman–Crippen MR) is 93.1 cm³/mol. The van der Waals surface area contributed by atoms with E-state index in [1.165, 1.54) is 11.3 Å². The summed E-state index contributed by atoms with van der Waals surface area (Å²) in [5.41, 5.74) is 1.07. The Hall–Kier alpha value is -1.21. The maximum absolute atomic E-state index is 11.9. The van der Waals surface area contributed by atoms with Gasteiger partial charge in [-0.1, -0.05) is 42.0 Å². The van der Waals surface area contributed by atoms with Crippen LogP contribution in [-0.4, -0.2) is 29.7 Å². The van der Waals surface area contributed by atoms with Crippen LogP contribution in [0.5, 0.6) is 0 Å². The average molecular weight is 361 g/mol. The first kappa shape index (κ1) is 18.8. The number of halogens is 2. The Labute approximate surface area is 144 Å². The molecule has 0 aliphatic rings. The van der Waals surface area contributed by atoms with Gasteiger partial charge in [0.15, 0.2) is 0 Å². The molecule has 2 rings (SSSR count). The van der Waals surface area contributed by atoms with Gasteiger partial charge >= 0.3 is 0 Å². The molecule has 1 atom stereocenters. The molecule has 0 saturated heterocycles. The molecular weight excluding hydrogens is 343 g/mol. The van der Waals surface area contributed by atoms with Crippen molar-refractivity contribution in [2.24, 2.45) is 5.92 Å². The Kier molecular flexibility index (Phi) is 7.75. The number of hydrogen-bond donors (Lipinski definition) is 2. The van der Waals surface area contributed by atoms with E-state index in [0.29, 0.717) is 23.1 Å². The normalized spacial score (nSPS) is 11.6. The van der Waals surface area contributed by atoms with Gasteiger partial charge in [-0.15, -0.1) is 22.6 Å². The first-order valence-electron chi connectivity index (χ1n) is 6.60. The van der Waals surface area contributed by atoms with Crippen LogP contribution in [0.2, 0.25) is 5.02 Å². The van der Waals surface area contributed by atoms with Gasteiger partial charge < -0.3 is 10.6 Å². The summed E-state index contributed by atoms with van der Waals surface area (Å²) in [5, 5.41) is 15.9. The fourth-order valence-corrected chi connectivity index (χ4v) is 2.81. The predicted octanol–water partition coefficient (Wildman–Crippen LogP) is 3.00. The Balaban J connectivity index is 0.00000242.